The first-order valence-electron chi connectivity index (χ1n) is 5.34. The van der Waals surface area contributed by atoms with Crippen molar-refractivity contribution < 1.29 is 0 Å². The van der Waals surface area contributed by atoms with Crippen molar-refractivity contribution in [1.29, 1.82) is 0 Å². The molecule has 0 bridgehead atoms. The van der Waals surface area contributed by atoms with E-state index in [0.717, 1.165) is 12.8 Å². The third-order valence-electron chi connectivity index (χ3n) is 3.24. The van der Waals surface area contributed by atoms with E-state index in [0.29, 0.717) is 0 Å². The fourth-order valence-corrected chi connectivity index (χ4v) is 2.38. The lowest BCUT2D eigenvalue weighted by molar-refractivity contribution is 0.994. The normalized spacial score (nSPS) is 13.1. The Labute approximate surface area is 90.6 Å². The Balaban J connectivity index is 2.15. The SMILES string of the molecule is [CH2]c1cccc2c1Cc1ccccc1C2. The molecule has 0 N–H and O–H groups in total. The van der Waals surface area contributed by atoms with Gasteiger partial charge in [-0.2, -0.15) is 0 Å². The minimum Gasteiger partial charge on any atom is -0.0620 e. The molecule has 0 fully saturated rings. The summed E-state index contributed by atoms with van der Waals surface area (Å²) in [6.07, 6.45) is 2.11. The van der Waals surface area contributed by atoms with E-state index in [4.69, 9.17) is 0 Å². The Morgan fingerprint density at radius 3 is 2.20 bits per heavy atom. The summed E-state index contributed by atoms with van der Waals surface area (Å²) >= 11 is 0. The van der Waals surface area contributed by atoms with Gasteiger partial charge in [-0.25, -0.2) is 0 Å². The molecule has 1 radical (unpaired) electrons. The zero-order chi connectivity index (χ0) is 10.3. The van der Waals surface area contributed by atoms with E-state index in [2.05, 4.69) is 49.4 Å². The highest BCUT2D eigenvalue weighted by Gasteiger charge is 2.15. The van der Waals surface area contributed by atoms with Crippen molar-refractivity contribution in [2.75, 3.05) is 0 Å². The van der Waals surface area contributed by atoms with E-state index < -0.39 is 0 Å². The summed E-state index contributed by atoms with van der Waals surface area (Å²) in [5, 5.41) is 0. The van der Waals surface area contributed by atoms with Crippen molar-refractivity contribution in [3.63, 3.8) is 0 Å². The van der Waals surface area contributed by atoms with Gasteiger partial charge in [-0.15, -0.1) is 0 Å². The van der Waals surface area contributed by atoms with Crippen molar-refractivity contribution in [2.45, 2.75) is 12.8 Å². The predicted molar refractivity (Wildman–Crippen MR) is 63.0 cm³/mol. The van der Waals surface area contributed by atoms with E-state index in [9.17, 15) is 0 Å². The molecule has 0 heteroatoms. The summed E-state index contributed by atoms with van der Waals surface area (Å²) in [4.78, 5) is 0. The van der Waals surface area contributed by atoms with Crippen LogP contribution in [-0.2, 0) is 12.8 Å². The molecular formula is C15H13. The van der Waals surface area contributed by atoms with Gasteiger partial charge in [0.15, 0.2) is 0 Å². The van der Waals surface area contributed by atoms with Gasteiger partial charge >= 0.3 is 0 Å². The summed E-state index contributed by atoms with van der Waals surface area (Å²) in [7, 11) is 0. The molecule has 0 nitrogen and oxygen atoms in total. The van der Waals surface area contributed by atoms with Gasteiger partial charge < -0.3 is 0 Å². The molecule has 0 heterocycles. The second-order valence-electron chi connectivity index (χ2n) is 4.18. The highest BCUT2D eigenvalue weighted by atomic mass is 14.2. The van der Waals surface area contributed by atoms with Crippen LogP contribution in [0.4, 0.5) is 0 Å². The van der Waals surface area contributed by atoms with Crippen LogP contribution < -0.4 is 0 Å². The number of hydrogen-bond donors (Lipinski definition) is 0. The van der Waals surface area contributed by atoms with Gasteiger partial charge in [0.1, 0.15) is 0 Å². The molecular weight excluding hydrogens is 180 g/mol. The van der Waals surface area contributed by atoms with Crippen molar-refractivity contribution in [2.24, 2.45) is 0 Å². The fraction of sp³-hybridized carbons (Fsp3) is 0.133. The van der Waals surface area contributed by atoms with Gasteiger partial charge in [-0.3, -0.25) is 0 Å². The monoisotopic (exact) mass is 193 g/mol. The summed E-state index contributed by atoms with van der Waals surface area (Å²) in [6.45, 7) is 4.11. The van der Waals surface area contributed by atoms with E-state index in [1.54, 1.807) is 0 Å². The largest absolute Gasteiger partial charge is 0.0620 e. The van der Waals surface area contributed by atoms with Crippen LogP contribution in [-0.4, -0.2) is 0 Å². The molecule has 3 rings (SSSR count). The molecule has 15 heavy (non-hydrogen) atoms. The predicted octanol–water partition coefficient (Wildman–Crippen LogP) is 3.36. The van der Waals surface area contributed by atoms with Crippen LogP contribution in [0.15, 0.2) is 42.5 Å². The first kappa shape index (κ1) is 8.72. The molecule has 1 aliphatic carbocycles. The lowest BCUT2D eigenvalue weighted by Gasteiger charge is -2.21. The molecule has 2 aromatic carbocycles. The first-order chi connectivity index (χ1) is 7.34. The van der Waals surface area contributed by atoms with Gasteiger partial charge in [0.05, 0.1) is 0 Å². The molecule has 0 saturated carbocycles. The molecule has 0 aliphatic heterocycles. The third-order valence-corrected chi connectivity index (χ3v) is 3.24. The quantitative estimate of drug-likeness (QED) is 0.513. The van der Waals surface area contributed by atoms with Crippen LogP contribution in [0.1, 0.15) is 27.8 Å². The molecule has 0 spiro atoms. The Hall–Kier alpha value is -1.56. The van der Waals surface area contributed by atoms with E-state index >= 15 is 0 Å². The van der Waals surface area contributed by atoms with Crippen LogP contribution in [0.5, 0.6) is 0 Å². The summed E-state index contributed by atoms with van der Waals surface area (Å²) in [5.41, 5.74) is 6.98. The number of fused-ring (bicyclic) bond motifs is 2. The van der Waals surface area contributed by atoms with Gasteiger partial charge in [-0.05, 0) is 47.6 Å². The Kier molecular flexibility index (Phi) is 1.88. The van der Waals surface area contributed by atoms with Crippen LogP contribution in [0.25, 0.3) is 0 Å². The minimum atomic E-state index is 1.05. The molecule has 0 unspecified atom stereocenters. The van der Waals surface area contributed by atoms with Gasteiger partial charge in [-0.1, -0.05) is 42.5 Å². The zero-order valence-corrected chi connectivity index (χ0v) is 8.66. The van der Waals surface area contributed by atoms with E-state index in [-0.39, 0.29) is 0 Å². The molecule has 1 aliphatic rings. The molecule has 0 saturated heterocycles. The lowest BCUT2D eigenvalue weighted by atomic mass is 9.84. The second-order valence-corrected chi connectivity index (χ2v) is 4.18. The summed E-state index contributed by atoms with van der Waals surface area (Å²) in [6, 6.07) is 15.1. The number of rotatable bonds is 0. The highest BCUT2D eigenvalue weighted by molar-refractivity contribution is 5.48. The molecule has 2 aromatic rings. The lowest BCUT2D eigenvalue weighted by Crippen LogP contribution is -2.08. The summed E-state index contributed by atoms with van der Waals surface area (Å²) in [5.74, 6) is 0. The zero-order valence-electron chi connectivity index (χ0n) is 8.66. The van der Waals surface area contributed by atoms with E-state index in [1.807, 2.05) is 0 Å². The van der Waals surface area contributed by atoms with E-state index in [1.165, 1.54) is 27.8 Å². The van der Waals surface area contributed by atoms with Gasteiger partial charge in [0.25, 0.3) is 0 Å². The maximum absolute atomic E-state index is 4.11. The van der Waals surface area contributed by atoms with Crippen molar-refractivity contribution in [3.05, 3.63) is 77.2 Å². The summed E-state index contributed by atoms with van der Waals surface area (Å²) < 4.78 is 0. The fourth-order valence-electron chi connectivity index (χ4n) is 2.38. The number of hydrogen-bond acceptors (Lipinski definition) is 0. The van der Waals surface area contributed by atoms with Crippen LogP contribution in [0.2, 0.25) is 0 Å². The molecule has 0 atom stereocenters. The smallest absolute Gasteiger partial charge is 0.00173 e. The van der Waals surface area contributed by atoms with Gasteiger partial charge in [0, 0.05) is 0 Å². The van der Waals surface area contributed by atoms with Crippen LogP contribution in [0, 0.1) is 6.92 Å². The third kappa shape index (κ3) is 1.37. The van der Waals surface area contributed by atoms with Crippen molar-refractivity contribution in [3.8, 4) is 0 Å². The standard InChI is InChI=1S/C15H13/c1-11-5-4-8-14-9-12-6-2-3-7-13(12)10-15(11)14/h2-8H,1,9-10H2. The molecule has 73 valence electrons. The maximum atomic E-state index is 4.11. The molecule has 0 amide bonds. The van der Waals surface area contributed by atoms with Crippen LogP contribution >= 0.6 is 0 Å². The highest BCUT2D eigenvalue weighted by Crippen LogP contribution is 2.28. The minimum absolute atomic E-state index is 1.05. The number of benzene rings is 2. The Bertz CT molecular complexity index is 509. The first-order valence-corrected chi connectivity index (χ1v) is 5.34. The van der Waals surface area contributed by atoms with Crippen LogP contribution in [0.3, 0.4) is 0 Å². The average molecular weight is 193 g/mol. The van der Waals surface area contributed by atoms with Crippen molar-refractivity contribution >= 4 is 0 Å². The average Bonchev–Trinajstić information content (AvgIpc) is 2.27. The molecule has 0 aromatic heterocycles. The topological polar surface area (TPSA) is 0 Å². The Morgan fingerprint density at radius 1 is 0.733 bits per heavy atom. The second kappa shape index (κ2) is 3.23. The van der Waals surface area contributed by atoms with Gasteiger partial charge in [0.2, 0.25) is 0 Å². The Morgan fingerprint density at radius 2 is 1.40 bits per heavy atom. The van der Waals surface area contributed by atoms with Crippen molar-refractivity contribution in [1.82, 2.24) is 0 Å². The maximum Gasteiger partial charge on any atom is -0.00173 e.